The number of carbonyl (C=O) groups excluding carboxylic acids is 1. The van der Waals surface area contributed by atoms with Gasteiger partial charge in [0, 0.05) is 12.7 Å². The molecule has 0 bridgehead atoms. The second kappa shape index (κ2) is 6.35. The molecule has 1 fully saturated rings. The average molecular weight is 249 g/mol. The highest BCUT2D eigenvalue weighted by Gasteiger charge is 2.14. The van der Waals surface area contributed by atoms with Gasteiger partial charge in [-0.3, -0.25) is 9.78 Å². The summed E-state index contributed by atoms with van der Waals surface area (Å²) in [7, 11) is 0. The Balaban J connectivity index is 1.76. The van der Waals surface area contributed by atoms with Crippen molar-refractivity contribution in [2.45, 2.75) is 19.3 Å². The van der Waals surface area contributed by atoms with Crippen molar-refractivity contribution < 1.29 is 9.90 Å². The van der Waals surface area contributed by atoms with Gasteiger partial charge in [0.05, 0.1) is 11.8 Å². The minimum Gasteiger partial charge on any atom is -0.505 e. The topological polar surface area (TPSA) is 74.2 Å². The minimum atomic E-state index is -0.233. The van der Waals surface area contributed by atoms with E-state index in [0.717, 1.165) is 19.5 Å². The zero-order valence-electron chi connectivity index (χ0n) is 10.4. The van der Waals surface area contributed by atoms with Gasteiger partial charge in [-0.15, -0.1) is 0 Å². The maximum absolute atomic E-state index is 11.8. The summed E-state index contributed by atoms with van der Waals surface area (Å²) in [4.78, 5) is 15.5. The van der Waals surface area contributed by atoms with Gasteiger partial charge >= 0.3 is 0 Å². The molecule has 1 saturated heterocycles. The number of nitrogens with zero attached hydrogens (tertiary/aromatic N) is 1. The SMILES string of the molecule is O=C(NCCC1CCNCC1)c1ccncc1O. The van der Waals surface area contributed by atoms with E-state index in [1.54, 1.807) is 0 Å². The minimum absolute atomic E-state index is 0.0723. The van der Waals surface area contributed by atoms with Crippen LogP contribution < -0.4 is 10.6 Å². The Morgan fingerprint density at radius 3 is 3.00 bits per heavy atom. The van der Waals surface area contributed by atoms with E-state index < -0.39 is 0 Å². The molecule has 1 aliphatic rings. The van der Waals surface area contributed by atoms with E-state index >= 15 is 0 Å². The molecule has 1 aromatic heterocycles. The summed E-state index contributed by atoms with van der Waals surface area (Å²) in [5.74, 6) is 0.387. The summed E-state index contributed by atoms with van der Waals surface area (Å²) in [5, 5.41) is 15.7. The largest absolute Gasteiger partial charge is 0.505 e. The molecule has 5 heteroatoms. The molecule has 5 nitrogen and oxygen atoms in total. The van der Waals surface area contributed by atoms with Crippen molar-refractivity contribution in [1.82, 2.24) is 15.6 Å². The summed E-state index contributed by atoms with van der Waals surface area (Å²) in [5.41, 5.74) is 0.287. The summed E-state index contributed by atoms with van der Waals surface area (Å²) in [6.45, 7) is 2.80. The second-order valence-corrected chi connectivity index (χ2v) is 4.63. The average Bonchev–Trinajstić information content (AvgIpc) is 2.40. The molecule has 1 amide bonds. The van der Waals surface area contributed by atoms with Crippen LogP contribution in [0.15, 0.2) is 18.5 Å². The maximum atomic E-state index is 11.8. The smallest absolute Gasteiger partial charge is 0.255 e. The first-order chi connectivity index (χ1) is 8.77. The van der Waals surface area contributed by atoms with Gasteiger partial charge < -0.3 is 15.7 Å². The first-order valence-electron chi connectivity index (χ1n) is 6.39. The lowest BCUT2D eigenvalue weighted by Gasteiger charge is -2.22. The highest BCUT2D eigenvalue weighted by Crippen LogP contribution is 2.16. The summed E-state index contributed by atoms with van der Waals surface area (Å²) >= 11 is 0. The molecule has 18 heavy (non-hydrogen) atoms. The highest BCUT2D eigenvalue weighted by atomic mass is 16.3. The summed E-state index contributed by atoms with van der Waals surface area (Å²) in [6, 6.07) is 1.52. The van der Waals surface area contributed by atoms with E-state index in [1.165, 1.54) is 31.3 Å². The first kappa shape index (κ1) is 12.8. The van der Waals surface area contributed by atoms with Crippen LogP contribution in [0.2, 0.25) is 0 Å². The quantitative estimate of drug-likeness (QED) is 0.741. The monoisotopic (exact) mass is 249 g/mol. The Morgan fingerprint density at radius 1 is 1.50 bits per heavy atom. The third kappa shape index (κ3) is 3.43. The van der Waals surface area contributed by atoms with Crippen LogP contribution in [0.3, 0.4) is 0 Å². The molecule has 0 saturated carbocycles. The van der Waals surface area contributed by atoms with Crippen LogP contribution in [0.1, 0.15) is 29.6 Å². The van der Waals surface area contributed by atoms with Gasteiger partial charge in [-0.2, -0.15) is 0 Å². The lowest BCUT2D eigenvalue weighted by atomic mass is 9.95. The molecule has 1 aliphatic heterocycles. The van der Waals surface area contributed by atoms with E-state index in [-0.39, 0.29) is 17.2 Å². The van der Waals surface area contributed by atoms with Gasteiger partial charge in [-0.1, -0.05) is 0 Å². The molecular formula is C13H19N3O2. The van der Waals surface area contributed by atoms with Crippen LogP contribution in [-0.2, 0) is 0 Å². The standard InChI is InChI=1S/C13H19N3O2/c17-12-9-15-7-4-11(12)13(18)16-8-3-10-1-5-14-6-2-10/h4,7,9-10,14,17H,1-3,5-6,8H2,(H,16,18). The molecule has 98 valence electrons. The fourth-order valence-corrected chi connectivity index (χ4v) is 2.23. The van der Waals surface area contributed by atoms with Gasteiger partial charge in [0.1, 0.15) is 5.75 Å². The molecule has 1 aromatic rings. The number of nitrogens with one attached hydrogen (secondary N) is 2. The highest BCUT2D eigenvalue weighted by molar-refractivity contribution is 5.96. The van der Waals surface area contributed by atoms with Crippen LogP contribution in [0.25, 0.3) is 0 Å². The van der Waals surface area contributed by atoms with Gasteiger partial charge in [0.25, 0.3) is 5.91 Å². The van der Waals surface area contributed by atoms with E-state index in [9.17, 15) is 9.90 Å². The number of carbonyl (C=O) groups is 1. The maximum Gasteiger partial charge on any atom is 0.255 e. The molecule has 0 aromatic carbocycles. The molecule has 0 radical (unpaired) electrons. The number of aromatic hydroxyl groups is 1. The predicted octanol–water partition coefficient (Wildman–Crippen LogP) is 0.907. The van der Waals surface area contributed by atoms with Gasteiger partial charge in [-0.05, 0) is 44.3 Å². The lowest BCUT2D eigenvalue weighted by molar-refractivity contribution is 0.0948. The predicted molar refractivity (Wildman–Crippen MR) is 68.4 cm³/mol. The van der Waals surface area contributed by atoms with Crippen LogP contribution >= 0.6 is 0 Å². The summed E-state index contributed by atoms with van der Waals surface area (Å²) < 4.78 is 0. The first-order valence-corrected chi connectivity index (χ1v) is 6.39. The molecule has 2 heterocycles. The molecule has 0 spiro atoms. The van der Waals surface area contributed by atoms with Crippen LogP contribution in [0.4, 0.5) is 0 Å². The molecule has 0 atom stereocenters. The van der Waals surface area contributed by atoms with Crippen molar-refractivity contribution in [2.24, 2.45) is 5.92 Å². The summed E-state index contributed by atoms with van der Waals surface area (Å²) in [6.07, 6.45) is 6.13. The number of aromatic nitrogens is 1. The van der Waals surface area contributed by atoms with Crippen LogP contribution in [0.5, 0.6) is 5.75 Å². The van der Waals surface area contributed by atoms with E-state index in [0.29, 0.717) is 12.5 Å². The number of hydrogen-bond donors (Lipinski definition) is 3. The molecular weight excluding hydrogens is 230 g/mol. The zero-order chi connectivity index (χ0) is 12.8. The number of pyridine rings is 1. The lowest BCUT2D eigenvalue weighted by Crippen LogP contribution is -2.31. The second-order valence-electron chi connectivity index (χ2n) is 4.63. The Labute approximate surface area is 107 Å². The molecule has 2 rings (SSSR count). The number of rotatable bonds is 4. The fraction of sp³-hybridized carbons (Fsp3) is 0.538. The van der Waals surface area contributed by atoms with Gasteiger partial charge in [0.2, 0.25) is 0 Å². The third-order valence-corrected chi connectivity index (χ3v) is 3.34. The molecule has 0 aliphatic carbocycles. The van der Waals surface area contributed by atoms with Gasteiger partial charge in [0.15, 0.2) is 0 Å². The van der Waals surface area contributed by atoms with Crippen molar-refractivity contribution in [3.05, 3.63) is 24.0 Å². The Kier molecular flexibility index (Phi) is 4.52. The van der Waals surface area contributed by atoms with Crippen molar-refractivity contribution in [1.29, 1.82) is 0 Å². The van der Waals surface area contributed by atoms with Gasteiger partial charge in [-0.25, -0.2) is 0 Å². The number of hydrogen-bond acceptors (Lipinski definition) is 4. The molecule has 0 unspecified atom stereocenters. The number of piperidine rings is 1. The van der Waals surface area contributed by atoms with Crippen LogP contribution in [-0.4, -0.2) is 35.6 Å². The Morgan fingerprint density at radius 2 is 2.28 bits per heavy atom. The normalized spacial score (nSPS) is 16.4. The third-order valence-electron chi connectivity index (χ3n) is 3.34. The fourth-order valence-electron chi connectivity index (χ4n) is 2.23. The van der Waals surface area contributed by atoms with E-state index in [1.807, 2.05) is 0 Å². The van der Waals surface area contributed by atoms with Crippen molar-refractivity contribution >= 4 is 5.91 Å². The van der Waals surface area contributed by atoms with Crippen LogP contribution in [0, 0.1) is 5.92 Å². The Bertz CT molecular complexity index is 403. The van der Waals surface area contributed by atoms with E-state index in [2.05, 4.69) is 15.6 Å². The van der Waals surface area contributed by atoms with E-state index in [4.69, 9.17) is 0 Å². The molecule has 3 N–H and O–H groups in total. The number of amides is 1. The van der Waals surface area contributed by atoms with Crippen molar-refractivity contribution in [3.8, 4) is 5.75 Å². The Hall–Kier alpha value is -1.62. The zero-order valence-corrected chi connectivity index (χ0v) is 10.4. The van der Waals surface area contributed by atoms with Crippen molar-refractivity contribution in [3.63, 3.8) is 0 Å². The van der Waals surface area contributed by atoms with Crippen molar-refractivity contribution in [2.75, 3.05) is 19.6 Å².